The zero-order valence-electron chi connectivity index (χ0n) is 9.44. The van der Waals surface area contributed by atoms with E-state index >= 15 is 0 Å². The monoisotopic (exact) mass is 300 g/mol. The fourth-order valence-electron chi connectivity index (χ4n) is 2.97. The van der Waals surface area contributed by atoms with Crippen molar-refractivity contribution in [2.24, 2.45) is 10.9 Å². The average Bonchev–Trinajstić information content (AvgIpc) is 2.87. The average molecular weight is 302 g/mol. The summed E-state index contributed by atoms with van der Waals surface area (Å²) in [6.07, 6.45) is 5.70. The summed E-state index contributed by atoms with van der Waals surface area (Å²) in [5.41, 5.74) is 2.04. The third-order valence-corrected chi connectivity index (χ3v) is 4.34. The van der Waals surface area contributed by atoms with E-state index in [1.54, 1.807) is 6.07 Å². The molecule has 1 saturated heterocycles. The molecule has 0 saturated carbocycles. The Morgan fingerprint density at radius 1 is 1.22 bits per heavy atom. The largest absolute Gasteiger partial charge is 0.349 e. The van der Waals surface area contributed by atoms with Gasteiger partial charge in [-0.15, -0.1) is 12.4 Å². The second kappa shape index (κ2) is 4.16. The lowest BCUT2D eigenvalue weighted by molar-refractivity contribution is 0.378. The van der Waals surface area contributed by atoms with Crippen LogP contribution in [0.3, 0.4) is 0 Å². The molecule has 0 N–H and O–H groups in total. The Kier molecular flexibility index (Phi) is 2.85. The number of benzene rings is 1. The van der Waals surface area contributed by atoms with Gasteiger partial charge >= 0.3 is 0 Å². The molecular formula is C13H11Cl3N2. The van der Waals surface area contributed by atoms with Gasteiger partial charge in [0.15, 0.2) is 0 Å². The lowest BCUT2D eigenvalue weighted by Crippen LogP contribution is -2.36. The first-order valence-corrected chi connectivity index (χ1v) is 6.49. The van der Waals surface area contributed by atoms with Crippen LogP contribution in [0, 0.1) is 5.92 Å². The Morgan fingerprint density at radius 2 is 2.06 bits per heavy atom. The number of aliphatic imine (C=N–C) groups is 1. The summed E-state index contributed by atoms with van der Waals surface area (Å²) >= 11 is 12.3. The number of fused-ring (bicyclic) bond motifs is 6. The van der Waals surface area contributed by atoms with E-state index in [0.717, 1.165) is 29.2 Å². The standard InChI is InChI=1S/C13H10Cl2N2.ClH/c14-8-4-11(15)10-6-17-9-2-1-7(3-9)13(17)16-12(10)5-8;/h1-2,4-5,7,9H,3,6H2;1H. The highest BCUT2D eigenvalue weighted by atomic mass is 35.5. The van der Waals surface area contributed by atoms with Crippen LogP contribution in [-0.2, 0) is 6.54 Å². The number of halogens is 3. The molecule has 0 spiro atoms. The molecule has 94 valence electrons. The highest BCUT2D eigenvalue weighted by Crippen LogP contribution is 2.43. The highest BCUT2D eigenvalue weighted by molar-refractivity contribution is 6.35. The van der Waals surface area contributed by atoms with E-state index in [4.69, 9.17) is 28.2 Å². The van der Waals surface area contributed by atoms with Crippen LogP contribution in [-0.4, -0.2) is 16.8 Å². The van der Waals surface area contributed by atoms with Gasteiger partial charge in [0.25, 0.3) is 0 Å². The summed E-state index contributed by atoms with van der Waals surface area (Å²) < 4.78 is 0. The minimum absolute atomic E-state index is 0. The van der Waals surface area contributed by atoms with Crippen molar-refractivity contribution in [2.45, 2.75) is 19.0 Å². The zero-order chi connectivity index (χ0) is 11.6. The maximum absolute atomic E-state index is 6.24. The summed E-state index contributed by atoms with van der Waals surface area (Å²) in [5.74, 6) is 1.68. The predicted octanol–water partition coefficient (Wildman–Crippen LogP) is 4.22. The Balaban J connectivity index is 0.000001000. The third-order valence-electron chi connectivity index (χ3n) is 3.79. The first-order chi connectivity index (χ1) is 8.22. The Morgan fingerprint density at radius 3 is 2.89 bits per heavy atom. The van der Waals surface area contributed by atoms with Gasteiger partial charge in [-0.05, 0) is 18.6 Å². The molecule has 0 radical (unpaired) electrons. The van der Waals surface area contributed by atoms with E-state index in [9.17, 15) is 0 Å². The van der Waals surface area contributed by atoms with Crippen LogP contribution in [0.1, 0.15) is 12.0 Å². The van der Waals surface area contributed by atoms with E-state index in [-0.39, 0.29) is 12.4 Å². The fourth-order valence-corrected chi connectivity index (χ4v) is 3.51. The molecule has 2 atom stereocenters. The molecule has 4 rings (SSSR count). The Labute approximate surface area is 122 Å². The van der Waals surface area contributed by atoms with Gasteiger partial charge in [-0.1, -0.05) is 35.4 Å². The number of rotatable bonds is 0. The van der Waals surface area contributed by atoms with Crippen LogP contribution in [0.5, 0.6) is 0 Å². The molecule has 1 aromatic rings. The SMILES string of the molecule is Cl.Clc1cc(Cl)c2c(c1)N=C1C3C=CC(C3)N1C2. The number of nitrogens with zero attached hydrogens (tertiary/aromatic N) is 2. The van der Waals surface area contributed by atoms with Crippen molar-refractivity contribution < 1.29 is 0 Å². The summed E-state index contributed by atoms with van der Waals surface area (Å²) in [4.78, 5) is 7.09. The summed E-state index contributed by atoms with van der Waals surface area (Å²) in [7, 11) is 0. The molecule has 2 heterocycles. The molecule has 1 aliphatic carbocycles. The highest BCUT2D eigenvalue weighted by Gasteiger charge is 2.41. The molecule has 2 nitrogen and oxygen atoms in total. The molecule has 2 unspecified atom stereocenters. The first-order valence-electron chi connectivity index (χ1n) is 5.74. The minimum atomic E-state index is 0. The van der Waals surface area contributed by atoms with Crippen molar-refractivity contribution in [1.29, 1.82) is 0 Å². The summed E-state index contributed by atoms with van der Waals surface area (Å²) in [6, 6.07) is 4.22. The normalized spacial score (nSPS) is 26.6. The smallest absolute Gasteiger partial charge is 0.113 e. The predicted molar refractivity (Wildman–Crippen MR) is 77.4 cm³/mol. The van der Waals surface area contributed by atoms with Crippen LogP contribution >= 0.6 is 35.6 Å². The van der Waals surface area contributed by atoms with Crippen molar-refractivity contribution >= 4 is 47.1 Å². The van der Waals surface area contributed by atoms with Gasteiger partial charge in [0.05, 0.1) is 5.69 Å². The van der Waals surface area contributed by atoms with Gasteiger partial charge < -0.3 is 4.90 Å². The first kappa shape index (κ1) is 12.3. The number of hydrogen-bond donors (Lipinski definition) is 0. The summed E-state index contributed by atoms with van der Waals surface area (Å²) in [6.45, 7) is 0.857. The zero-order valence-corrected chi connectivity index (χ0v) is 11.8. The van der Waals surface area contributed by atoms with Crippen LogP contribution in [0.4, 0.5) is 5.69 Å². The molecule has 1 fully saturated rings. The molecule has 5 heteroatoms. The van der Waals surface area contributed by atoms with Gasteiger partial charge in [-0.3, -0.25) is 0 Å². The maximum atomic E-state index is 6.24. The van der Waals surface area contributed by atoms with E-state index in [1.807, 2.05) is 6.07 Å². The van der Waals surface area contributed by atoms with Crippen LogP contribution < -0.4 is 0 Å². The quantitative estimate of drug-likeness (QED) is 0.655. The van der Waals surface area contributed by atoms with Crippen molar-refractivity contribution in [3.8, 4) is 0 Å². The second-order valence-corrected chi connectivity index (χ2v) is 5.62. The molecule has 2 bridgehead atoms. The van der Waals surface area contributed by atoms with Gasteiger partial charge in [0.2, 0.25) is 0 Å². The number of hydrogen-bond acceptors (Lipinski definition) is 2. The Bertz CT molecular complexity index is 580. The van der Waals surface area contributed by atoms with Crippen molar-refractivity contribution in [1.82, 2.24) is 4.90 Å². The van der Waals surface area contributed by atoms with Gasteiger partial charge in [0, 0.05) is 34.1 Å². The van der Waals surface area contributed by atoms with Gasteiger partial charge in [-0.25, -0.2) is 4.99 Å². The van der Waals surface area contributed by atoms with Gasteiger partial charge in [0.1, 0.15) is 5.84 Å². The van der Waals surface area contributed by atoms with Crippen molar-refractivity contribution in [3.63, 3.8) is 0 Å². The molecule has 0 amide bonds. The van der Waals surface area contributed by atoms with Crippen LogP contribution in [0.2, 0.25) is 10.0 Å². The van der Waals surface area contributed by atoms with E-state index in [0.29, 0.717) is 17.0 Å². The minimum Gasteiger partial charge on any atom is -0.349 e. The van der Waals surface area contributed by atoms with Gasteiger partial charge in [-0.2, -0.15) is 0 Å². The van der Waals surface area contributed by atoms with E-state index in [1.165, 1.54) is 5.84 Å². The maximum Gasteiger partial charge on any atom is 0.113 e. The molecular weight excluding hydrogens is 291 g/mol. The molecule has 18 heavy (non-hydrogen) atoms. The fraction of sp³-hybridized carbons (Fsp3) is 0.308. The third kappa shape index (κ3) is 1.59. The van der Waals surface area contributed by atoms with Crippen molar-refractivity contribution in [2.75, 3.05) is 0 Å². The van der Waals surface area contributed by atoms with Crippen LogP contribution in [0.15, 0.2) is 29.3 Å². The lowest BCUT2D eigenvalue weighted by Gasteiger charge is -2.32. The second-order valence-electron chi connectivity index (χ2n) is 4.78. The van der Waals surface area contributed by atoms with E-state index < -0.39 is 0 Å². The molecule has 3 aliphatic rings. The molecule has 1 aromatic carbocycles. The lowest BCUT2D eigenvalue weighted by atomic mass is 10.1. The van der Waals surface area contributed by atoms with Crippen molar-refractivity contribution in [3.05, 3.63) is 39.9 Å². The molecule has 2 aliphatic heterocycles. The summed E-state index contributed by atoms with van der Waals surface area (Å²) in [5, 5.41) is 1.38. The number of amidine groups is 1. The molecule has 0 aromatic heterocycles. The Hall–Kier alpha value is -0.700. The topological polar surface area (TPSA) is 15.6 Å². The van der Waals surface area contributed by atoms with Crippen LogP contribution in [0.25, 0.3) is 0 Å². The van der Waals surface area contributed by atoms with E-state index in [2.05, 4.69) is 17.1 Å².